The van der Waals surface area contributed by atoms with Gasteiger partial charge in [0.05, 0.1) is 5.92 Å². The fraction of sp³-hybridized carbons (Fsp3) is 0.500. The normalized spacial score (nSPS) is 22.5. The average Bonchev–Trinajstić information content (AvgIpc) is 2.78. The third-order valence-corrected chi connectivity index (χ3v) is 4.16. The lowest BCUT2D eigenvalue weighted by molar-refractivity contribution is -0.125. The molecule has 0 aromatic heterocycles. The van der Waals surface area contributed by atoms with Crippen LogP contribution < -0.4 is 10.6 Å². The molecule has 1 amide bonds. The average molecular weight is 301 g/mol. The first kappa shape index (κ1) is 14.6. The topological polar surface area (TPSA) is 41.1 Å². The van der Waals surface area contributed by atoms with E-state index < -0.39 is 0 Å². The maximum atomic E-state index is 12.0. The number of amides is 1. The summed E-state index contributed by atoms with van der Waals surface area (Å²) in [6, 6.07) is 5.70. The molecule has 0 aliphatic carbocycles. The molecule has 2 atom stereocenters. The van der Waals surface area contributed by atoms with Crippen LogP contribution >= 0.6 is 23.2 Å². The Kier molecular flexibility index (Phi) is 5.08. The fourth-order valence-corrected chi connectivity index (χ4v) is 2.90. The first-order chi connectivity index (χ1) is 9.08. The molecule has 1 aliphatic heterocycles. The van der Waals surface area contributed by atoms with Crippen molar-refractivity contribution in [1.82, 2.24) is 10.6 Å². The molecule has 1 aliphatic rings. The van der Waals surface area contributed by atoms with Gasteiger partial charge in [-0.25, -0.2) is 0 Å². The second-order valence-electron chi connectivity index (χ2n) is 4.91. The van der Waals surface area contributed by atoms with Gasteiger partial charge in [0.1, 0.15) is 0 Å². The highest BCUT2D eigenvalue weighted by Crippen LogP contribution is 2.21. The van der Waals surface area contributed by atoms with E-state index in [-0.39, 0.29) is 17.9 Å². The summed E-state index contributed by atoms with van der Waals surface area (Å²) in [5.74, 6) is 0.211. The van der Waals surface area contributed by atoms with E-state index >= 15 is 0 Å². The van der Waals surface area contributed by atoms with Crippen LogP contribution in [0.1, 0.15) is 18.9 Å². The smallest absolute Gasteiger partial charge is 0.224 e. The Bertz CT molecular complexity index is 465. The number of benzene rings is 1. The maximum Gasteiger partial charge on any atom is 0.224 e. The van der Waals surface area contributed by atoms with Gasteiger partial charge in [0.15, 0.2) is 0 Å². The Morgan fingerprint density at radius 1 is 1.47 bits per heavy atom. The molecule has 104 valence electrons. The van der Waals surface area contributed by atoms with E-state index in [1.807, 2.05) is 19.1 Å². The third-order valence-electron chi connectivity index (χ3n) is 3.57. The lowest BCUT2D eigenvalue weighted by atomic mass is 10.0. The molecule has 0 saturated carbocycles. The predicted molar refractivity (Wildman–Crippen MR) is 78.7 cm³/mol. The lowest BCUT2D eigenvalue weighted by Crippen LogP contribution is -2.37. The number of hydrogen-bond acceptors (Lipinski definition) is 2. The second-order valence-corrected chi connectivity index (χ2v) is 5.76. The van der Waals surface area contributed by atoms with Crippen LogP contribution in [-0.4, -0.2) is 25.0 Å². The van der Waals surface area contributed by atoms with Crippen LogP contribution in [0.5, 0.6) is 0 Å². The van der Waals surface area contributed by atoms with Gasteiger partial charge >= 0.3 is 0 Å². The molecule has 0 radical (unpaired) electrons. The van der Waals surface area contributed by atoms with Gasteiger partial charge in [-0.3, -0.25) is 4.79 Å². The highest BCUT2D eigenvalue weighted by atomic mass is 35.5. The van der Waals surface area contributed by atoms with Crippen molar-refractivity contribution in [3.05, 3.63) is 33.8 Å². The molecule has 1 fully saturated rings. The van der Waals surface area contributed by atoms with Crippen molar-refractivity contribution in [2.24, 2.45) is 5.92 Å². The van der Waals surface area contributed by atoms with Crippen LogP contribution in [0, 0.1) is 5.92 Å². The summed E-state index contributed by atoms with van der Waals surface area (Å²) in [6.45, 7) is 3.57. The molecule has 0 spiro atoms. The molecule has 2 unspecified atom stereocenters. The summed E-state index contributed by atoms with van der Waals surface area (Å²) in [6.07, 6.45) is 1.63. The Hall–Kier alpha value is -0.770. The summed E-state index contributed by atoms with van der Waals surface area (Å²) in [4.78, 5) is 12.0. The number of carbonyl (C=O) groups is 1. The molecule has 1 aromatic rings. The van der Waals surface area contributed by atoms with Gasteiger partial charge in [-0.1, -0.05) is 29.3 Å². The van der Waals surface area contributed by atoms with Gasteiger partial charge in [0.2, 0.25) is 5.91 Å². The molecule has 19 heavy (non-hydrogen) atoms. The SMILES string of the molecule is CC1NCCC1C(=O)NCCc1ccc(Cl)cc1Cl. The summed E-state index contributed by atoms with van der Waals surface area (Å²) in [5, 5.41) is 7.53. The third kappa shape index (κ3) is 3.85. The molecule has 1 aromatic carbocycles. The van der Waals surface area contributed by atoms with Crippen molar-refractivity contribution < 1.29 is 4.79 Å². The standard InChI is InChI=1S/C14H18Cl2N2O/c1-9-12(5-7-17-9)14(19)18-6-4-10-2-3-11(15)8-13(10)16/h2-3,8-9,12,17H,4-7H2,1H3,(H,18,19). The van der Waals surface area contributed by atoms with Gasteiger partial charge in [0.25, 0.3) is 0 Å². The Balaban J connectivity index is 1.81. The van der Waals surface area contributed by atoms with Crippen molar-refractivity contribution in [1.29, 1.82) is 0 Å². The molecule has 1 heterocycles. The van der Waals surface area contributed by atoms with E-state index in [1.54, 1.807) is 6.07 Å². The van der Waals surface area contributed by atoms with Gasteiger partial charge in [-0.2, -0.15) is 0 Å². The Labute approximate surface area is 123 Å². The summed E-state index contributed by atoms with van der Waals surface area (Å²) < 4.78 is 0. The van der Waals surface area contributed by atoms with Crippen molar-refractivity contribution in [3.63, 3.8) is 0 Å². The minimum absolute atomic E-state index is 0.0840. The predicted octanol–water partition coefficient (Wildman–Crippen LogP) is 2.65. The molecule has 3 nitrogen and oxygen atoms in total. The van der Waals surface area contributed by atoms with Crippen LogP contribution in [-0.2, 0) is 11.2 Å². The van der Waals surface area contributed by atoms with E-state index in [1.165, 1.54) is 0 Å². The molecular weight excluding hydrogens is 283 g/mol. The van der Waals surface area contributed by atoms with E-state index in [0.717, 1.165) is 24.9 Å². The molecular formula is C14H18Cl2N2O. The van der Waals surface area contributed by atoms with Gasteiger partial charge in [0, 0.05) is 22.6 Å². The van der Waals surface area contributed by atoms with Crippen molar-refractivity contribution in [3.8, 4) is 0 Å². The first-order valence-corrected chi connectivity index (χ1v) is 7.28. The summed E-state index contributed by atoms with van der Waals surface area (Å²) >= 11 is 11.9. The van der Waals surface area contributed by atoms with Crippen LogP contribution in [0.2, 0.25) is 10.0 Å². The van der Waals surface area contributed by atoms with E-state index in [0.29, 0.717) is 16.6 Å². The largest absolute Gasteiger partial charge is 0.355 e. The maximum absolute atomic E-state index is 12.0. The quantitative estimate of drug-likeness (QED) is 0.897. The van der Waals surface area contributed by atoms with Crippen LogP contribution in [0.4, 0.5) is 0 Å². The first-order valence-electron chi connectivity index (χ1n) is 6.53. The zero-order valence-corrected chi connectivity index (χ0v) is 12.4. The van der Waals surface area contributed by atoms with Crippen LogP contribution in [0.15, 0.2) is 18.2 Å². The zero-order chi connectivity index (χ0) is 13.8. The van der Waals surface area contributed by atoms with Gasteiger partial charge in [-0.05, 0) is 44.0 Å². The number of rotatable bonds is 4. The van der Waals surface area contributed by atoms with Gasteiger partial charge in [-0.15, -0.1) is 0 Å². The molecule has 2 rings (SSSR count). The number of hydrogen-bond donors (Lipinski definition) is 2. The molecule has 1 saturated heterocycles. The number of halogens is 2. The number of carbonyl (C=O) groups excluding carboxylic acids is 1. The van der Waals surface area contributed by atoms with Crippen molar-refractivity contribution in [2.75, 3.05) is 13.1 Å². The highest BCUT2D eigenvalue weighted by Gasteiger charge is 2.28. The number of nitrogens with one attached hydrogen (secondary N) is 2. The van der Waals surface area contributed by atoms with Crippen molar-refractivity contribution in [2.45, 2.75) is 25.8 Å². The Morgan fingerprint density at radius 3 is 2.89 bits per heavy atom. The van der Waals surface area contributed by atoms with Gasteiger partial charge < -0.3 is 10.6 Å². The van der Waals surface area contributed by atoms with E-state index in [2.05, 4.69) is 10.6 Å². The minimum Gasteiger partial charge on any atom is -0.355 e. The minimum atomic E-state index is 0.0840. The summed E-state index contributed by atoms with van der Waals surface area (Å²) in [5.41, 5.74) is 1.00. The van der Waals surface area contributed by atoms with E-state index in [9.17, 15) is 4.79 Å². The highest BCUT2D eigenvalue weighted by molar-refractivity contribution is 6.35. The van der Waals surface area contributed by atoms with Crippen LogP contribution in [0.3, 0.4) is 0 Å². The monoisotopic (exact) mass is 300 g/mol. The van der Waals surface area contributed by atoms with Crippen molar-refractivity contribution >= 4 is 29.1 Å². The molecule has 2 N–H and O–H groups in total. The molecule has 5 heteroatoms. The van der Waals surface area contributed by atoms with E-state index in [4.69, 9.17) is 23.2 Å². The second kappa shape index (κ2) is 6.60. The molecule has 0 bridgehead atoms. The summed E-state index contributed by atoms with van der Waals surface area (Å²) in [7, 11) is 0. The fourth-order valence-electron chi connectivity index (χ4n) is 2.39. The lowest BCUT2D eigenvalue weighted by Gasteiger charge is -2.15. The van der Waals surface area contributed by atoms with Crippen LogP contribution in [0.25, 0.3) is 0 Å². The Morgan fingerprint density at radius 2 is 2.26 bits per heavy atom. The zero-order valence-electron chi connectivity index (χ0n) is 10.9.